The van der Waals surface area contributed by atoms with Crippen LogP contribution in [0, 0.1) is 0 Å². The summed E-state index contributed by atoms with van der Waals surface area (Å²) in [5, 5.41) is 14.6. The van der Waals surface area contributed by atoms with Crippen LogP contribution in [0.1, 0.15) is 6.92 Å². The van der Waals surface area contributed by atoms with Crippen LogP contribution < -0.4 is 10.6 Å². The van der Waals surface area contributed by atoms with E-state index in [9.17, 15) is 4.79 Å². The third kappa shape index (κ3) is 4.67. The van der Waals surface area contributed by atoms with E-state index in [2.05, 4.69) is 10.6 Å². The molecule has 0 spiro atoms. The van der Waals surface area contributed by atoms with Crippen LogP contribution in [0.25, 0.3) is 0 Å². The normalized spacial score (nSPS) is 11.9. The number of amides is 2. The van der Waals surface area contributed by atoms with E-state index in [1.165, 1.54) is 0 Å². The molecule has 0 saturated heterocycles. The first kappa shape index (κ1) is 11.8. The number of urea groups is 1. The summed E-state index contributed by atoms with van der Waals surface area (Å²) in [5.74, 6) is 0. The number of aliphatic hydroxyl groups is 1. The lowest BCUT2D eigenvalue weighted by Crippen LogP contribution is -2.34. The van der Waals surface area contributed by atoms with Gasteiger partial charge in [-0.3, -0.25) is 0 Å². The molecule has 2 amide bonds. The van der Waals surface area contributed by atoms with Crippen LogP contribution in [-0.4, -0.2) is 23.8 Å². The number of benzene rings is 1. The third-order valence-electron chi connectivity index (χ3n) is 1.64. The van der Waals surface area contributed by atoms with Gasteiger partial charge >= 0.3 is 6.03 Å². The number of carbonyl (C=O) groups excluding carboxylic acids is 1. The summed E-state index contributed by atoms with van der Waals surface area (Å²) in [4.78, 5) is 11.3. The number of carbonyl (C=O) groups is 1. The molecule has 15 heavy (non-hydrogen) atoms. The van der Waals surface area contributed by atoms with Gasteiger partial charge in [-0.15, -0.1) is 0 Å². The number of rotatable bonds is 3. The molecule has 4 nitrogen and oxygen atoms in total. The van der Waals surface area contributed by atoms with E-state index in [0.717, 1.165) is 0 Å². The smallest absolute Gasteiger partial charge is 0.319 e. The number of halogens is 1. The Bertz CT molecular complexity index is 342. The zero-order valence-corrected chi connectivity index (χ0v) is 9.08. The standard InChI is InChI=1S/C10H13ClN2O2/c1-7(14)6-12-10(15)13-9-4-2-3-8(11)5-9/h2-5,7,14H,6H2,1H3,(H2,12,13,15)/t7-/m1/s1. The van der Waals surface area contributed by atoms with Crippen molar-refractivity contribution in [3.8, 4) is 0 Å². The Morgan fingerprint density at radius 1 is 1.60 bits per heavy atom. The summed E-state index contributed by atoms with van der Waals surface area (Å²) in [5.41, 5.74) is 0.616. The van der Waals surface area contributed by atoms with Crippen LogP contribution in [-0.2, 0) is 0 Å². The fraction of sp³-hybridized carbons (Fsp3) is 0.300. The Labute approximate surface area is 93.2 Å². The fourth-order valence-electron chi connectivity index (χ4n) is 0.982. The van der Waals surface area contributed by atoms with Crippen LogP contribution in [0.5, 0.6) is 0 Å². The molecule has 0 aliphatic rings. The van der Waals surface area contributed by atoms with Crippen molar-refractivity contribution in [3.05, 3.63) is 29.3 Å². The summed E-state index contributed by atoms with van der Waals surface area (Å²) in [6.45, 7) is 1.81. The molecule has 5 heteroatoms. The first-order valence-electron chi connectivity index (χ1n) is 4.56. The minimum Gasteiger partial charge on any atom is -0.392 e. The van der Waals surface area contributed by atoms with Gasteiger partial charge in [0.2, 0.25) is 0 Å². The quantitative estimate of drug-likeness (QED) is 0.739. The Kier molecular flexibility index (Phi) is 4.39. The maximum Gasteiger partial charge on any atom is 0.319 e. The van der Waals surface area contributed by atoms with Crippen LogP contribution >= 0.6 is 11.6 Å². The Morgan fingerprint density at radius 2 is 2.33 bits per heavy atom. The van der Waals surface area contributed by atoms with Crippen molar-refractivity contribution in [2.24, 2.45) is 0 Å². The molecule has 0 bridgehead atoms. The van der Waals surface area contributed by atoms with E-state index >= 15 is 0 Å². The highest BCUT2D eigenvalue weighted by molar-refractivity contribution is 6.30. The highest BCUT2D eigenvalue weighted by Crippen LogP contribution is 2.14. The average molecular weight is 229 g/mol. The van der Waals surface area contributed by atoms with Crippen molar-refractivity contribution < 1.29 is 9.90 Å². The molecular formula is C10H13ClN2O2. The van der Waals surface area contributed by atoms with Crippen molar-refractivity contribution in [2.75, 3.05) is 11.9 Å². The van der Waals surface area contributed by atoms with E-state index in [1.807, 2.05) is 0 Å². The molecule has 0 radical (unpaired) electrons. The van der Waals surface area contributed by atoms with Crippen molar-refractivity contribution >= 4 is 23.3 Å². The van der Waals surface area contributed by atoms with E-state index < -0.39 is 6.10 Å². The molecule has 0 aliphatic carbocycles. The summed E-state index contributed by atoms with van der Waals surface area (Å²) >= 11 is 5.74. The number of aliphatic hydroxyl groups excluding tert-OH is 1. The van der Waals surface area contributed by atoms with Crippen molar-refractivity contribution in [2.45, 2.75) is 13.0 Å². The summed E-state index contributed by atoms with van der Waals surface area (Å²) in [6, 6.07) is 6.47. The molecule has 0 heterocycles. The molecule has 0 saturated carbocycles. The second-order valence-corrected chi connectivity index (χ2v) is 3.63. The van der Waals surface area contributed by atoms with Gasteiger partial charge in [0, 0.05) is 17.3 Å². The van der Waals surface area contributed by atoms with Crippen LogP contribution in [0.4, 0.5) is 10.5 Å². The molecule has 1 aromatic rings. The molecule has 1 atom stereocenters. The fourth-order valence-corrected chi connectivity index (χ4v) is 1.17. The van der Waals surface area contributed by atoms with E-state index in [1.54, 1.807) is 31.2 Å². The summed E-state index contributed by atoms with van der Waals surface area (Å²) in [6.07, 6.45) is -0.560. The minimum absolute atomic E-state index is 0.215. The van der Waals surface area contributed by atoms with Gasteiger partial charge in [0.25, 0.3) is 0 Å². The third-order valence-corrected chi connectivity index (χ3v) is 1.88. The average Bonchev–Trinajstić information content (AvgIpc) is 2.15. The highest BCUT2D eigenvalue weighted by atomic mass is 35.5. The first-order chi connectivity index (χ1) is 7.08. The van der Waals surface area contributed by atoms with Gasteiger partial charge in [-0.2, -0.15) is 0 Å². The van der Waals surface area contributed by atoms with E-state index in [-0.39, 0.29) is 12.6 Å². The van der Waals surface area contributed by atoms with Gasteiger partial charge in [0.1, 0.15) is 0 Å². The lowest BCUT2D eigenvalue weighted by Gasteiger charge is -2.08. The second-order valence-electron chi connectivity index (χ2n) is 3.19. The lowest BCUT2D eigenvalue weighted by atomic mass is 10.3. The van der Waals surface area contributed by atoms with Gasteiger partial charge in [-0.25, -0.2) is 4.79 Å². The lowest BCUT2D eigenvalue weighted by molar-refractivity contribution is 0.190. The molecule has 0 aliphatic heterocycles. The summed E-state index contributed by atoms with van der Waals surface area (Å²) < 4.78 is 0. The topological polar surface area (TPSA) is 61.4 Å². The van der Waals surface area contributed by atoms with Crippen molar-refractivity contribution in [3.63, 3.8) is 0 Å². The number of hydrogen-bond acceptors (Lipinski definition) is 2. The molecule has 0 unspecified atom stereocenters. The number of anilines is 1. The Hall–Kier alpha value is -1.26. The molecule has 1 rings (SSSR count). The van der Waals surface area contributed by atoms with E-state index in [0.29, 0.717) is 10.7 Å². The maximum absolute atomic E-state index is 11.3. The largest absolute Gasteiger partial charge is 0.392 e. The first-order valence-corrected chi connectivity index (χ1v) is 4.94. The Balaban J connectivity index is 2.44. The molecule has 0 fully saturated rings. The minimum atomic E-state index is -0.560. The predicted molar refractivity (Wildman–Crippen MR) is 60.2 cm³/mol. The summed E-state index contributed by atoms with van der Waals surface area (Å²) in [7, 11) is 0. The van der Waals surface area contributed by atoms with Crippen LogP contribution in [0.15, 0.2) is 24.3 Å². The molecular weight excluding hydrogens is 216 g/mol. The molecule has 82 valence electrons. The SMILES string of the molecule is C[C@@H](O)CNC(=O)Nc1cccc(Cl)c1. The van der Waals surface area contributed by atoms with E-state index in [4.69, 9.17) is 16.7 Å². The highest BCUT2D eigenvalue weighted by Gasteiger charge is 2.02. The van der Waals surface area contributed by atoms with Crippen molar-refractivity contribution in [1.29, 1.82) is 0 Å². The predicted octanol–water partition coefficient (Wildman–Crippen LogP) is 1.84. The van der Waals surface area contributed by atoms with Gasteiger partial charge < -0.3 is 15.7 Å². The Morgan fingerprint density at radius 3 is 2.93 bits per heavy atom. The van der Waals surface area contributed by atoms with Crippen LogP contribution in [0.3, 0.4) is 0 Å². The van der Waals surface area contributed by atoms with Crippen molar-refractivity contribution in [1.82, 2.24) is 5.32 Å². The molecule has 1 aromatic carbocycles. The molecule has 0 aromatic heterocycles. The van der Waals surface area contributed by atoms with Gasteiger partial charge in [-0.1, -0.05) is 17.7 Å². The van der Waals surface area contributed by atoms with Gasteiger partial charge in [-0.05, 0) is 25.1 Å². The zero-order chi connectivity index (χ0) is 11.3. The van der Waals surface area contributed by atoms with Crippen LogP contribution in [0.2, 0.25) is 5.02 Å². The second kappa shape index (κ2) is 5.58. The van der Waals surface area contributed by atoms with Gasteiger partial charge in [0.05, 0.1) is 6.10 Å². The zero-order valence-electron chi connectivity index (χ0n) is 8.33. The number of hydrogen-bond donors (Lipinski definition) is 3. The molecule has 3 N–H and O–H groups in total. The van der Waals surface area contributed by atoms with Gasteiger partial charge in [0.15, 0.2) is 0 Å². The maximum atomic E-state index is 11.3. The number of nitrogens with one attached hydrogen (secondary N) is 2. The monoisotopic (exact) mass is 228 g/mol.